The van der Waals surface area contributed by atoms with Crippen LogP contribution in [0.25, 0.3) is 33.1 Å². The van der Waals surface area contributed by atoms with Gasteiger partial charge in [0.05, 0.1) is 30.4 Å². The van der Waals surface area contributed by atoms with E-state index in [-0.39, 0.29) is 60.0 Å². The van der Waals surface area contributed by atoms with Gasteiger partial charge in [0.15, 0.2) is 0 Å². The standard InChI is InChI=1S/C34H40FN5O2.C34H41N5O2.C33H39N5O2/c1-21-16-22(2)18-26(17-21)33(42)39-14-12-25(13-15-39)31-20-40(28-8-10-29(41)11-9-28)32-30(31)19-36-34(38-32)37-23(3)24-4-6-27(35)7-5-24;1-22-17-23(2)19-27(18-22)33(41)38-15-13-26(14-16-38)31-21-39(28-9-11-29(40)12-10-28)32-30(31)20-35-34(37-32)36-24(3)25-7-5-4-6-8-25;1-22-16-23(2)18-26(17-22)32(40)37-14-12-25(13-15-37)30-21-38(27-8-10-28(39)11-9-27)31-29(30)20-35-33(36-31)34-19-24-6-4-3-5-7-24/h4-7,16-20,23,25,28-29,41H,8-15H2,1-3H3,(H,36,37,38);4-8,17-21,24,26,28-29,40H,9-16H2,1-3H3,(H,35,36,37);3-7,16-18,20-21,25,27-28,39H,8-15,19H2,1-2H3,(H,34,35,36)/t23-,28?,29?;24-,28?,29?;/m00./s1. The molecule has 6 fully saturated rings. The zero-order valence-electron chi connectivity index (χ0n) is 72.6. The summed E-state index contributed by atoms with van der Waals surface area (Å²) in [4.78, 5) is 75.1. The summed E-state index contributed by atoms with van der Waals surface area (Å²) in [6.45, 7) is 21.5. The number of benzene rings is 6. The molecule has 3 amide bonds. The van der Waals surface area contributed by atoms with Crippen molar-refractivity contribution in [2.75, 3.05) is 55.2 Å². The minimum Gasteiger partial charge on any atom is -0.393 e. The normalized spacial score (nSPS) is 20.5. The number of aryl methyl sites for hydroxylation is 6. The van der Waals surface area contributed by atoms with Crippen molar-refractivity contribution < 1.29 is 34.1 Å². The molecule has 21 nitrogen and oxygen atoms in total. The van der Waals surface area contributed by atoms with Crippen LogP contribution in [0.4, 0.5) is 22.2 Å². The van der Waals surface area contributed by atoms with Gasteiger partial charge in [-0.3, -0.25) is 14.4 Å². The number of aliphatic hydroxyl groups is 3. The summed E-state index contributed by atoms with van der Waals surface area (Å²) >= 11 is 0. The number of amides is 3. The second kappa shape index (κ2) is 38.3. The molecule has 3 aliphatic heterocycles. The number of piperidine rings is 3. The van der Waals surface area contributed by atoms with Crippen molar-refractivity contribution in [1.29, 1.82) is 0 Å². The highest BCUT2D eigenvalue weighted by atomic mass is 19.1. The van der Waals surface area contributed by atoms with E-state index in [9.17, 15) is 34.1 Å². The van der Waals surface area contributed by atoms with Crippen molar-refractivity contribution in [1.82, 2.24) is 58.3 Å². The molecule has 18 rings (SSSR count). The Morgan fingerprint density at radius 1 is 0.382 bits per heavy atom. The molecule has 22 heteroatoms. The number of carbonyl (C=O) groups excluding carboxylic acids is 3. The van der Waals surface area contributed by atoms with Gasteiger partial charge in [-0.1, -0.05) is 124 Å². The van der Waals surface area contributed by atoms with E-state index >= 15 is 0 Å². The molecular formula is C101H120FN15O6. The fourth-order valence-corrected chi connectivity index (χ4v) is 20.1. The van der Waals surface area contributed by atoms with E-state index in [1.165, 1.54) is 39.9 Å². The zero-order chi connectivity index (χ0) is 85.5. The van der Waals surface area contributed by atoms with Crippen molar-refractivity contribution >= 4 is 68.7 Å². The SMILES string of the molecule is Cc1cc(C)cc(C(=O)N2CCC(c3cn(C4CCC(O)CC4)c4nc(NCc5ccccc5)ncc34)CC2)c1.Cc1cc(C)cc(C(=O)N2CCC(c3cn(C4CCC(O)CC4)c4nc(N[C@@H](C)c5ccc(F)cc5)ncc34)CC2)c1.Cc1cc(C)cc(C(=O)N2CCC(c3cn(C4CCC(O)CC4)c4nc(N[C@@H](C)c5ccccc5)ncc34)CC2)c1. The van der Waals surface area contributed by atoms with E-state index in [0.29, 0.717) is 67.3 Å². The molecule has 6 aromatic heterocycles. The third-order valence-electron chi connectivity index (χ3n) is 26.7. The summed E-state index contributed by atoms with van der Waals surface area (Å²) < 4.78 is 20.4. The Hall–Kier alpha value is -11.2. The third kappa shape index (κ3) is 20.2. The lowest BCUT2D eigenvalue weighted by Crippen LogP contribution is -2.38. The highest BCUT2D eigenvalue weighted by molar-refractivity contribution is 5.96. The Morgan fingerprint density at radius 3 is 1.00 bits per heavy atom. The molecule has 642 valence electrons. The van der Waals surface area contributed by atoms with Crippen molar-refractivity contribution in [2.45, 2.75) is 244 Å². The minimum atomic E-state index is -0.257. The number of anilines is 3. The fourth-order valence-electron chi connectivity index (χ4n) is 20.1. The maximum atomic E-state index is 13.4. The predicted octanol–water partition coefficient (Wildman–Crippen LogP) is 19.7. The molecule has 2 atom stereocenters. The first-order valence-electron chi connectivity index (χ1n) is 45.0. The monoisotopic (exact) mass is 1660 g/mol. The molecular weight excluding hydrogens is 1540 g/mol. The Labute approximate surface area is 722 Å². The number of nitrogens with zero attached hydrogens (tertiary/aromatic N) is 12. The van der Waals surface area contributed by atoms with Crippen molar-refractivity contribution in [3.8, 4) is 0 Å². The van der Waals surface area contributed by atoms with Gasteiger partial charge in [0.1, 0.15) is 22.8 Å². The Bertz CT molecular complexity index is 5610. The average Bonchev–Trinajstić information content (AvgIpc) is 1.62. The summed E-state index contributed by atoms with van der Waals surface area (Å²) in [5.74, 6) is 2.92. The van der Waals surface area contributed by atoms with Crippen LogP contribution in [0, 0.1) is 47.4 Å². The first-order valence-corrected chi connectivity index (χ1v) is 45.0. The van der Waals surface area contributed by atoms with Gasteiger partial charge < -0.3 is 59.7 Å². The highest BCUT2D eigenvalue weighted by Gasteiger charge is 2.35. The maximum Gasteiger partial charge on any atom is 0.253 e. The van der Waals surface area contributed by atoms with Crippen LogP contribution in [0.15, 0.2) is 177 Å². The first kappa shape index (κ1) is 85.4. The maximum absolute atomic E-state index is 13.4. The van der Waals surface area contributed by atoms with Crippen LogP contribution in [0.5, 0.6) is 0 Å². The van der Waals surface area contributed by atoms with Gasteiger partial charge in [0.2, 0.25) is 17.8 Å². The van der Waals surface area contributed by atoms with Crippen LogP contribution in [0.3, 0.4) is 0 Å². The van der Waals surface area contributed by atoms with Crippen LogP contribution in [0.1, 0.15) is 275 Å². The van der Waals surface area contributed by atoms with Gasteiger partial charge in [0.25, 0.3) is 17.7 Å². The molecule has 123 heavy (non-hydrogen) atoms. The Balaban J connectivity index is 0.000000137. The summed E-state index contributed by atoms with van der Waals surface area (Å²) in [6.07, 6.45) is 28.1. The number of aromatic nitrogens is 9. The molecule has 6 aromatic carbocycles. The molecule has 6 N–H and O–H groups in total. The number of aliphatic hydroxyl groups excluding tert-OH is 3. The molecule has 0 bridgehead atoms. The number of likely N-dealkylation sites (tertiary alicyclic amines) is 3. The number of nitrogens with one attached hydrogen (secondary N) is 3. The van der Waals surface area contributed by atoms with E-state index in [1.54, 1.807) is 12.1 Å². The van der Waals surface area contributed by atoms with Crippen LogP contribution < -0.4 is 16.0 Å². The van der Waals surface area contributed by atoms with Crippen molar-refractivity contribution in [2.24, 2.45) is 0 Å². The number of carbonyl (C=O) groups is 3. The summed E-state index contributed by atoms with van der Waals surface area (Å²) in [6, 6.07) is 46.3. The molecule has 12 aromatic rings. The minimum absolute atomic E-state index is 0.0837. The number of hydrogen-bond acceptors (Lipinski definition) is 15. The van der Waals surface area contributed by atoms with Gasteiger partial charge >= 0.3 is 0 Å². The molecule has 3 saturated carbocycles. The van der Waals surface area contributed by atoms with E-state index < -0.39 is 0 Å². The summed E-state index contributed by atoms with van der Waals surface area (Å²) in [5.41, 5.74) is 19.0. The molecule has 0 radical (unpaired) electrons. The zero-order valence-corrected chi connectivity index (χ0v) is 72.6. The lowest BCUT2D eigenvalue weighted by Gasteiger charge is -2.32. The topological polar surface area (TPSA) is 250 Å². The highest BCUT2D eigenvalue weighted by Crippen LogP contribution is 2.44. The van der Waals surface area contributed by atoms with Gasteiger partial charge in [-0.15, -0.1) is 0 Å². The number of rotatable bonds is 18. The molecule has 6 aliphatic rings. The smallest absolute Gasteiger partial charge is 0.253 e. The van der Waals surface area contributed by atoms with Gasteiger partial charge in [0, 0.05) is 134 Å². The van der Waals surface area contributed by atoms with Crippen LogP contribution >= 0.6 is 0 Å². The third-order valence-corrected chi connectivity index (χ3v) is 26.7. The second-order valence-corrected chi connectivity index (χ2v) is 36.0. The van der Waals surface area contributed by atoms with Gasteiger partial charge in [-0.25, -0.2) is 19.3 Å². The van der Waals surface area contributed by atoms with E-state index in [4.69, 9.17) is 29.9 Å². The Morgan fingerprint density at radius 2 is 0.675 bits per heavy atom. The average molecular weight is 1660 g/mol. The number of halogens is 1. The van der Waals surface area contributed by atoms with E-state index in [2.05, 4.69) is 97.6 Å². The lowest BCUT2D eigenvalue weighted by atomic mass is 9.89. The van der Waals surface area contributed by atoms with Crippen LogP contribution in [-0.4, -0.2) is 149 Å². The summed E-state index contributed by atoms with van der Waals surface area (Å²) in [5, 5.41) is 44.0. The van der Waals surface area contributed by atoms with Gasteiger partial charge in [-0.2, -0.15) is 15.0 Å². The van der Waals surface area contributed by atoms with E-state index in [1.807, 2.05) is 155 Å². The summed E-state index contributed by atoms with van der Waals surface area (Å²) in [7, 11) is 0. The quantitative estimate of drug-likeness (QED) is 0.0467. The number of fused-ring (bicyclic) bond motifs is 3. The molecule has 3 aliphatic carbocycles. The second-order valence-electron chi connectivity index (χ2n) is 36.0. The molecule has 0 spiro atoms. The molecule has 3 saturated heterocycles. The van der Waals surface area contributed by atoms with Crippen LogP contribution in [0.2, 0.25) is 0 Å². The number of hydrogen-bond donors (Lipinski definition) is 6. The Kier molecular flexibility index (Phi) is 26.6. The largest absolute Gasteiger partial charge is 0.393 e. The van der Waals surface area contributed by atoms with Crippen molar-refractivity contribution in [3.63, 3.8) is 0 Å². The first-order chi connectivity index (χ1) is 59.5. The van der Waals surface area contributed by atoms with E-state index in [0.717, 1.165) is 230 Å². The fraction of sp³-hybridized carbons (Fsp3) is 0.436. The molecule has 0 unspecified atom stereocenters. The molecule has 9 heterocycles. The van der Waals surface area contributed by atoms with Crippen LogP contribution in [-0.2, 0) is 6.54 Å². The van der Waals surface area contributed by atoms with Crippen molar-refractivity contribution in [3.05, 3.63) is 266 Å². The lowest BCUT2D eigenvalue weighted by molar-refractivity contribution is 0.0705. The van der Waals surface area contributed by atoms with Gasteiger partial charge in [-0.05, 0) is 271 Å². The predicted molar refractivity (Wildman–Crippen MR) is 485 cm³/mol.